The van der Waals surface area contributed by atoms with Crippen molar-refractivity contribution in [1.82, 2.24) is 14.3 Å². The smallest absolute Gasteiger partial charge is 0.378 e. The van der Waals surface area contributed by atoms with Gasteiger partial charge in [-0.25, -0.2) is 0 Å². The lowest BCUT2D eigenvalue weighted by molar-refractivity contribution is -0.121. The summed E-state index contributed by atoms with van der Waals surface area (Å²) in [5.41, 5.74) is 0. The van der Waals surface area contributed by atoms with Crippen LogP contribution in [0.3, 0.4) is 0 Å². The van der Waals surface area contributed by atoms with Gasteiger partial charge in [0.2, 0.25) is 0 Å². The minimum absolute atomic E-state index is 0.0281. The van der Waals surface area contributed by atoms with Gasteiger partial charge in [0, 0.05) is 19.7 Å². The van der Waals surface area contributed by atoms with Gasteiger partial charge in [-0.1, -0.05) is 18.9 Å². The zero-order valence-corrected chi connectivity index (χ0v) is 16.6. The molecule has 0 aromatic rings. The Morgan fingerprint density at radius 1 is 1.11 bits per heavy atom. The predicted molar refractivity (Wildman–Crippen MR) is 99.7 cm³/mol. The van der Waals surface area contributed by atoms with E-state index < -0.39 is 22.9 Å². The van der Waals surface area contributed by atoms with Gasteiger partial charge in [-0.2, -0.15) is 30.6 Å². The fourth-order valence-corrected chi connectivity index (χ4v) is 4.01. The molecule has 10 heteroatoms. The average molecular weight is 416 g/mol. The van der Waals surface area contributed by atoms with E-state index in [1.165, 1.54) is 0 Å². The minimum atomic E-state index is -4.56. The van der Waals surface area contributed by atoms with Crippen molar-refractivity contribution < 1.29 is 26.3 Å². The molecule has 1 fully saturated rings. The number of unbranched alkanes of at least 4 members (excludes halogenated alkanes) is 3. The average Bonchev–Trinajstić information content (AvgIpc) is 2.61. The number of alkyl halides is 3. The highest BCUT2D eigenvalue weighted by Crippen LogP contribution is 2.18. The maximum atomic E-state index is 12.2. The third kappa shape index (κ3) is 11.7. The molecule has 1 heterocycles. The Balaban J connectivity index is 2.06. The van der Waals surface area contributed by atoms with Crippen molar-refractivity contribution in [2.24, 2.45) is 0 Å². The van der Waals surface area contributed by atoms with Crippen molar-refractivity contribution in [2.75, 3.05) is 39.3 Å². The van der Waals surface area contributed by atoms with Crippen LogP contribution < -0.4 is 10.0 Å². The monoisotopic (exact) mass is 415 g/mol. The Morgan fingerprint density at radius 3 is 2.41 bits per heavy atom. The van der Waals surface area contributed by atoms with Crippen LogP contribution in [0.25, 0.3) is 0 Å². The lowest BCUT2D eigenvalue weighted by Gasteiger charge is -2.31. The topological polar surface area (TPSA) is 70.7 Å². The molecule has 1 aliphatic heterocycles. The van der Waals surface area contributed by atoms with Crippen LogP contribution in [-0.4, -0.2) is 64.3 Å². The van der Waals surface area contributed by atoms with E-state index in [1.54, 1.807) is 4.72 Å². The van der Waals surface area contributed by atoms with E-state index in [4.69, 9.17) is 4.74 Å². The summed E-state index contributed by atoms with van der Waals surface area (Å²) in [6.07, 6.45) is 3.58. The van der Waals surface area contributed by atoms with E-state index in [9.17, 15) is 21.6 Å². The molecule has 0 atom stereocenters. The Bertz CT molecular complexity index is 507. The second kappa shape index (κ2) is 12.7. The van der Waals surface area contributed by atoms with Crippen LogP contribution in [0.4, 0.5) is 13.2 Å². The lowest BCUT2D eigenvalue weighted by atomic mass is 10.1. The molecule has 1 aliphatic rings. The number of piperidine rings is 1. The fraction of sp³-hybridized carbons (Fsp3) is 0.882. The molecule has 0 spiro atoms. The molecule has 0 aromatic carbocycles. The molecular weight excluding hydrogens is 383 g/mol. The van der Waals surface area contributed by atoms with Crippen LogP contribution in [0.5, 0.6) is 0 Å². The molecule has 0 saturated carbocycles. The van der Waals surface area contributed by atoms with Gasteiger partial charge >= 0.3 is 6.18 Å². The highest BCUT2D eigenvalue weighted by molar-refractivity contribution is 7.87. The minimum Gasteiger partial charge on any atom is -0.378 e. The lowest BCUT2D eigenvalue weighted by Crippen LogP contribution is -2.48. The molecule has 1 rings (SSSR count). The van der Waals surface area contributed by atoms with E-state index in [0.717, 1.165) is 49.5 Å². The van der Waals surface area contributed by atoms with Gasteiger partial charge in [-0.05, 0) is 45.2 Å². The molecule has 160 valence electrons. The third-order valence-corrected chi connectivity index (χ3v) is 5.88. The van der Waals surface area contributed by atoms with Gasteiger partial charge in [0.1, 0.15) is 6.54 Å². The molecule has 0 unspecified atom stereocenters. The van der Waals surface area contributed by atoms with Gasteiger partial charge < -0.3 is 10.1 Å². The van der Waals surface area contributed by atoms with Crippen LogP contribution in [0, 0.1) is 0 Å². The second-order valence-electron chi connectivity index (χ2n) is 6.65. The van der Waals surface area contributed by atoms with Gasteiger partial charge in [-0.3, -0.25) is 0 Å². The van der Waals surface area contributed by atoms with Crippen molar-refractivity contribution in [3.63, 3.8) is 0 Å². The van der Waals surface area contributed by atoms with E-state index in [1.807, 2.05) is 6.08 Å². The van der Waals surface area contributed by atoms with E-state index >= 15 is 0 Å². The maximum absolute atomic E-state index is 12.2. The maximum Gasteiger partial charge on any atom is 0.402 e. The second-order valence-corrected chi connectivity index (χ2v) is 8.41. The fourth-order valence-electron chi connectivity index (χ4n) is 2.79. The SMILES string of the molecule is C=CCCNCCCCCCOC1CCN(S(=O)(=O)NCC(F)(F)F)CC1. The summed E-state index contributed by atoms with van der Waals surface area (Å²) in [6, 6.07) is 0. The Hall–Kier alpha value is -0.680. The number of halogens is 3. The van der Waals surface area contributed by atoms with Gasteiger partial charge in [0.15, 0.2) is 0 Å². The van der Waals surface area contributed by atoms with E-state index in [0.29, 0.717) is 19.4 Å². The zero-order chi connectivity index (χ0) is 20.2. The van der Waals surface area contributed by atoms with Gasteiger partial charge in [0.25, 0.3) is 10.2 Å². The highest BCUT2D eigenvalue weighted by Gasteiger charge is 2.33. The van der Waals surface area contributed by atoms with Crippen LogP contribution >= 0.6 is 0 Å². The van der Waals surface area contributed by atoms with Gasteiger partial charge in [0.05, 0.1) is 6.10 Å². The summed E-state index contributed by atoms with van der Waals surface area (Å²) in [6.45, 7) is 5.07. The summed E-state index contributed by atoms with van der Waals surface area (Å²) in [5, 5.41) is 3.34. The molecule has 0 aliphatic carbocycles. The molecule has 2 N–H and O–H groups in total. The van der Waals surface area contributed by atoms with Crippen LogP contribution in [0.1, 0.15) is 44.9 Å². The molecule has 27 heavy (non-hydrogen) atoms. The van der Waals surface area contributed by atoms with Crippen LogP contribution in [0.15, 0.2) is 12.7 Å². The first-order chi connectivity index (χ1) is 12.7. The summed E-state index contributed by atoms with van der Waals surface area (Å²) in [7, 11) is -4.09. The van der Waals surface area contributed by atoms with E-state index in [-0.39, 0.29) is 19.2 Å². The zero-order valence-electron chi connectivity index (χ0n) is 15.8. The summed E-state index contributed by atoms with van der Waals surface area (Å²) in [5.74, 6) is 0. The van der Waals surface area contributed by atoms with Crippen LogP contribution in [0.2, 0.25) is 0 Å². The van der Waals surface area contributed by atoms with Crippen molar-refractivity contribution in [3.05, 3.63) is 12.7 Å². The number of rotatable bonds is 14. The molecule has 0 bridgehead atoms. The standard InChI is InChI=1S/C17H32F3N3O3S/c1-2-3-10-21-11-6-4-5-7-14-26-16-8-12-23(13-9-16)27(24,25)22-15-17(18,19)20/h2,16,21-22H,1,3-15H2. The molecular formula is C17H32F3N3O3S. The van der Waals surface area contributed by atoms with Crippen molar-refractivity contribution in [2.45, 2.75) is 57.2 Å². The third-order valence-electron chi connectivity index (χ3n) is 4.32. The van der Waals surface area contributed by atoms with Crippen molar-refractivity contribution in [1.29, 1.82) is 0 Å². The quantitative estimate of drug-likeness (QED) is 0.338. The first-order valence-corrected chi connectivity index (χ1v) is 10.9. The summed E-state index contributed by atoms with van der Waals surface area (Å²) >= 11 is 0. The van der Waals surface area contributed by atoms with Crippen molar-refractivity contribution >= 4 is 10.2 Å². The predicted octanol–water partition coefficient (Wildman–Crippen LogP) is 2.59. The van der Waals surface area contributed by atoms with Crippen molar-refractivity contribution in [3.8, 4) is 0 Å². The van der Waals surface area contributed by atoms with E-state index in [2.05, 4.69) is 11.9 Å². The molecule has 1 saturated heterocycles. The highest BCUT2D eigenvalue weighted by atomic mass is 32.2. The number of hydrogen-bond acceptors (Lipinski definition) is 4. The number of nitrogens with zero attached hydrogens (tertiary/aromatic N) is 1. The summed E-state index contributed by atoms with van der Waals surface area (Å²) < 4.78 is 68.6. The molecule has 0 radical (unpaired) electrons. The molecule has 0 aromatic heterocycles. The number of hydrogen-bond donors (Lipinski definition) is 2. The first kappa shape index (κ1) is 24.4. The molecule has 0 amide bonds. The van der Waals surface area contributed by atoms with Gasteiger partial charge in [-0.15, -0.1) is 6.58 Å². The Kier molecular flexibility index (Phi) is 11.5. The van der Waals surface area contributed by atoms with Crippen LogP contribution in [-0.2, 0) is 14.9 Å². The summed E-state index contributed by atoms with van der Waals surface area (Å²) in [4.78, 5) is 0. The Morgan fingerprint density at radius 2 is 1.78 bits per heavy atom. The number of ether oxygens (including phenoxy) is 1. The first-order valence-electron chi connectivity index (χ1n) is 9.49. The largest absolute Gasteiger partial charge is 0.402 e. The number of nitrogens with one attached hydrogen (secondary N) is 2. The molecule has 6 nitrogen and oxygen atoms in total. The Labute approximate surface area is 160 Å². The normalized spacial score (nSPS) is 17.3.